The molecule has 0 aliphatic heterocycles. The van der Waals surface area contributed by atoms with Crippen LogP contribution in [0.2, 0.25) is 0 Å². The molecule has 17 heavy (non-hydrogen) atoms. The van der Waals surface area contributed by atoms with Gasteiger partial charge in [-0.25, -0.2) is 4.98 Å². The van der Waals surface area contributed by atoms with E-state index in [1.165, 1.54) is 11.9 Å². The van der Waals surface area contributed by atoms with Crippen molar-refractivity contribution < 1.29 is 4.79 Å². The third-order valence-corrected chi connectivity index (χ3v) is 2.54. The van der Waals surface area contributed by atoms with Gasteiger partial charge in [0.05, 0.1) is 6.33 Å². The van der Waals surface area contributed by atoms with Gasteiger partial charge in [-0.1, -0.05) is 30.7 Å². The van der Waals surface area contributed by atoms with Gasteiger partial charge in [0.2, 0.25) is 0 Å². The van der Waals surface area contributed by atoms with Crippen LogP contribution in [0.4, 0.5) is 0 Å². The summed E-state index contributed by atoms with van der Waals surface area (Å²) in [6.45, 7) is 6.45. The number of hydrogen-bond donors (Lipinski definition) is 2. The van der Waals surface area contributed by atoms with Crippen molar-refractivity contribution in [3.63, 3.8) is 0 Å². The van der Waals surface area contributed by atoms with Crippen LogP contribution in [-0.4, -0.2) is 22.4 Å². The normalized spacial score (nSPS) is 12.1. The Kier molecular flexibility index (Phi) is 5.20. The Morgan fingerprint density at radius 2 is 2.35 bits per heavy atom. The van der Waals surface area contributed by atoms with E-state index in [-0.39, 0.29) is 5.91 Å². The maximum atomic E-state index is 11.7. The van der Waals surface area contributed by atoms with Gasteiger partial charge in [0.25, 0.3) is 5.91 Å². The summed E-state index contributed by atoms with van der Waals surface area (Å²) in [7, 11) is 0. The molecule has 0 atom stereocenters. The van der Waals surface area contributed by atoms with Gasteiger partial charge >= 0.3 is 0 Å². The molecular formula is C13H19N3O. The lowest BCUT2D eigenvalue weighted by Crippen LogP contribution is -2.24. The van der Waals surface area contributed by atoms with Crippen LogP contribution in [0.5, 0.6) is 0 Å². The van der Waals surface area contributed by atoms with E-state index in [0.717, 1.165) is 12.1 Å². The molecule has 2 N–H and O–H groups in total. The minimum absolute atomic E-state index is 0.146. The fourth-order valence-corrected chi connectivity index (χ4v) is 1.45. The molecule has 4 nitrogen and oxygen atoms in total. The van der Waals surface area contributed by atoms with Crippen LogP contribution in [-0.2, 0) is 0 Å². The van der Waals surface area contributed by atoms with E-state index in [0.29, 0.717) is 12.2 Å². The highest BCUT2D eigenvalue weighted by atomic mass is 16.1. The number of aromatic nitrogens is 2. The standard InChI is InChI=1S/C13H19N3O/c1-4-11(5-2)7-6-8-14-13(17)12-10(3)15-9-16-12/h4,6-7,9H,5,8H2,1-3H3,(H,14,17)(H,15,16)/b7-6-,11-4+. The summed E-state index contributed by atoms with van der Waals surface area (Å²) in [6, 6.07) is 0. The average molecular weight is 233 g/mol. The number of rotatable bonds is 5. The van der Waals surface area contributed by atoms with Gasteiger partial charge in [0.15, 0.2) is 0 Å². The second kappa shape index (κ2) is 6.68. The van der Waals surface area contributed by atoms with Crippen LogP contribution >= 0.6 is 0 Å². The first-order valence-corrected chi connectivity index (χ1v) is 5.79. The molecule has 1 heterocycles. The molecule has 0 unspecified atom stereocenters. The molecule has 0 radical (unpaired) electrons. The van der Waals surface area contributed by atoms with Gasteiger partial charge in [-0.2, -0.15) is 0 Å². The number of carbonyl (C=O) groups is 1. The number of allylic oxidation sites excluding steroid dienone is 3. The maximum Gasteiger partial charge on any atom is 0.271 e. The van der Waals surface area contributed by atoms with Gasteiger partial charge in [-0.3, -0.25) is 4.79 Å². The van der Waals surface area contributed by atoms with Crippen molar-refractivity contribution in [1.29, 1.82) is 0 Å². The molecule has 0 aromatic carbocycles. The Labute approximate surface area is 102 Å². The zero-order valence-electron chi connectivity index (χ0n) is 10.6. The quantitative estimate of drug-likeness (QED) is 0.767. The molecule has 92 valence electrons. The van der Waals surface area contributed by atoms with Crippen molar-refractivity contribution in [1.82, 2.24) is 15.3 Å². The number of aryl methyl sites for hydroxylation is 1. The second-order valence-electron chi connectivity index (χ2n) is 3.71. The Balaban J connectivity index is 2.42. The molecule has 0 aliphatic rings. The second-order valence-corrected chi connectivity index (χ2v) is 3.71. The van der Waals surface area contributed by atoms with Crippen molar-refractivity contribution in [2.24, 2.45) is 0 Å². The van der Waals surface area contributed by atoms with Crippen LogP contribution in [0.3, 0.4) is 0 Å². The highest BCUT2D eigenvalue weighted by Gasteiger charge is 2.09. The number of amides is 1. The van der Waals surface area contributed by atoms with E-state index in [1.54, 1.807) is 0 Å². The number of aromatic amines is 1. The van der Waals surface area contributed by atoms with Crippen LogP contribution in [0.1, 0.15) is 36.5 Å². The van der Waals surface area contributed by atoms with Crippen molar-refractivity contribution in [2.45, 2.75) is 27.2 Å². The van der Waals surface area contributed by atoms with Crippen molar-refractivity contribution >= 4 is 5.91 Å². The van der Waals surface area contributed by atoms with E-state index >= 15 is 0 Å². The number of imidazole rings is 1. The van der Waals surface area contributed by atoms with E-state index < -0.39 is 0 Å². The SMILES string of the molecule is C/C=C(/C=C\CNC(=O)c1nc[nH]c1C)CC. The Hall–Kier alpha value is -1.84. The lowest BCUT2D eigenvalue weighted by Gasteiger charge is -2.00. The highest BCUT2D eigenvalue weighted by molar-refractivity contribution is 5.93. The molecule has 1 aromatic heterocycles. The van der Waals surface area contributed by atoms with E-state index in [4.69, 9.17) is 0 Å². The molecule has 1 rings (SSSR count). The van der Waals surface area contributed by atoms with Crippen LogP contribution in [0.15, 0.2) is 30.1 Å². The fourth-order valence-electron chi connectivity index (χ4n) is 1.45. The zero-order valence-corrected chi connectivity index (χ0v) is 10.6. The van der Waals surface area contributed by atoms with Gasteiger partial charge in [0.1, 0.15) is 5.69 Å². The third-order valence-electron chi connectivity index (χ3n) is 2.54. The molecule has 0 saturated carbocycles. The summed E-state index contributed by atoms with van der Waals surface area (Å²) in [5.74, 6) is -0.146. The topological polar surface area (TPSA) is 57.8 Å². The van der Waals surface area contributed by atoms with Gasteiger partial charge < -0.3 is 10.3 Å². The molecule has 0 spiro atoms. The van der Waals surface area contributed by atoms with Crippen molar-refractivity contribution in [2.75, 3.05) is 6.54 Å². The lowest BCUT2D eigenvalue weighted by molar-refractivity contribution is 0.0953. The lowest BCUT2D eigenvalue weighted by atomic mass is 10.2. The summed E-state index contributed by atoms with van der Waals surface area (Å²) in [5, 5.41) is 2.79. The zero-order chi connectivity index (χ0) is 12.7. The first kappa shape index (κ1) is 13.2. The third kappa shape index (κ3) is 3.90. The number of carbonyl (C=O) groups excluding carboxylic acids is 1. The number of nitrogens with zero attached hydrogens (tertiary/aromatic N) is 1. The highest BCUT2D eigenvalue weighted by Crippen LogP contribution is 2.02. The number of nitrogens with one attached hydrogen (secondary N) is 2. The van der Waals surface area contributed by atoms with Crippen LogP contribution in [0, 0.1) is 6.92 Å². The van der Waals surface area contributed by atoms with Gasteiger partial charge in [0, 0.05) is 12.2 Å². The van der Waals surface area contributed by atoms with Crippen molar-refractivity contribution in [3.05, 3.63) is 41.5 Å². The minimum atomic E-state index is -0.146. The van der Waals surface area contributed by atoms with E-state index in [2.05, 4.69) is 28.3 Å². The molecule has 0 bridgehead atoms. The van der Waals surface area contributed by atoms with Gasteiger partial charge in [-0.15, -0.1) is 0 Å². The minimum Gasteiger partial charge on any atom is -0.348 e. The largest absolute Gasteiger partial charge is 0.348 e. The Morgan fingerprint density at radius 3 is 2.88 bits per heavy atom. The maximum absolute atomic E-state index is 11.7. The molecule has 0 saturated heterocycles. The van der Waals surface area contributed by atoms with E-state index in [1.807, 2.05) is 26.0 Å². The Morgan fingerprint density at radius 1 is 1.59 bits per heavy atom. The monoisotopic (exact) mass is 233 g/mol. The fraction of sp³-hybridized carbons (Fsp3) is 0.385. The molecule has 1 aromatic rings. The smallest absolute Gasteiger partial charge is 0.271 e. The average Bonchev–Trinajstić information content (AvgIpc) is 2.75. The molecule has 0 aliphatic carbocycles. The first-order chi connectivity index (χ1) is 8.19. The van der Waals surface area contributed by atoms with E-state index in [9.17, 15) is 4.79 Å². The summed E-state index contributed by atoms with van der Waals surface area (Å²) in [6.07, 6.45) is 8.56. The summed E-state index contributed by atoms with van der Waals surface area (Å²) >= 11 is 0. The van der Waals surface area contributed by atoms with Crippen LogP contribution in [0.25, 0.3) is 0 Å². The summed E-state index contributed by atoms with van der Waals surface area (Å²) in [5.41, 5.74) is 2.50. The first-order valence-electron chi connectivity index (χ1n) is 5.79. The molecule has 1 amide bonds. The number of H-pyrrole nitrogens is 1. The summed E-state index contributed by atoms with van der Waals surface area (Å²) in [4.78, 5) is 18.5. The Bertz CT molecular complexity index is 430. The van der Waals surface area contributed by atoms with Crippen LogP contribution < -0.4 is 5.32 Å². The molecule has 0 fully saturated rings. The predicted molar refractivity (Wildman–Crippen MR) is 68.8 cm³/mol. The van der Waals surface area contributed by atoms with Gasteiger partial charge in [-0.05, 0) is 20.3 Å². The number of hydrogen-bond acceptors (Lipinski definition) is 2. The molecule has 4 heteroatoms. The molecular weight excluding hydrogens is 214 g/mol. The van der Waals surface area contributed by atoms with Crippen molar-refractivity contribution in [3.8, 4) is 0 Å². The summed E-state index contributed by atoms with van der Waals surface area (Å²) < 4.78 is 0. The predicted octanol–water partition coefficient (Wildman–Crippen LogP) is 2.36.